The van der Waals surface area contributed by atoms with Crippen LogP contribution in [0.2, 0.25) is 0 Å². The molecule has 0 aliphatic heterocycles. The van der Waals surface area contributed by atoms with Gasteiger partial charge in [-0.2, -0.15) is 0 Å². The minimum Gasteiger partial charge on any atom is -0.395 e. The van der Waals surface area contributed by atoms with E-state index in [1.54, 1.807) is 0 Å². The van der Waals surface area contributed by atoms with Gasteiger partial charge in [0.1, 0.15) is 5.60 Å². The number of aliphatic hydroxyl groups is 3. The number of rotatable bonds is 8. The highest BCUT2D eigenvalue weighted by atomic mass is 16.3. The van der Waals surface area contributed by atoms with Crippen molar-refractivity contribution in [3.05, 3.63) is 35.9 Å². The molecular formula is C20H29NO3. The zero-order valence-corrected chi connectivity index (χ0v) is 14.3. The highest BCUT2D eigenvalue weighted by Crippen LogP contribution is 2.42. The number of aliphatic hydroxyl groups excluding tert-OH is 2. The van der Waals surface area contributed by atoms with E-state index in [4.69, 9.17) is 10.2 Å². The van der Waals surface area contributed by atoms with Crippen LogP contribution < -0.4 is 0 Å². The van der Waals surface area contributed by atoms with E-state index in [2.05, 4.69) is 11.8 Å². The van der Waals surface area contributed by atoms with E-state index in [0.29, 0.717) is 26.1 Å². The molecule has 0 spiro atoms. The molecule has 1 aromatic carbocycles. The maximum Gasteiger partial charge on any atom is 0.103 e. The number of nitrogens with zero attached hydrogens (tertiary/aromatic N) is 1. The molecule has 0 bridgehead atoms. The molecule has 132 valence electrons. The minimum atomic E-state index is -0.885. The molecule has 0 radical (unpaired) electrons. The fourth-order valence-corrected chi connectivity index (χ4v) is 3.53. The summed E-state index contributed by atoms with van der Waals surface area (Å²) in [5.41, 5.74) is 0.0672. The average Bonchev–Trinajstić information content (AvgIpc) is 3.15. The van der Waals surface area contributed by atoms with Crippen LogP contribution in [0.15, 0.2) is 30.3 Å². The van der Waals surface area contributed by atoms with Gasteiger partial charge in [0.2, 0.25) is 0 Å². The van der Waals surface area contributed by atoms with Gasteiger partial charge >= 0.3 is 0 Å². The summed E-state index contributed by atoms with van der Waals surface area (Å²) in [5, 5.41) is 29.4. The molecule has 0 heterocycles. The van der Waals surface area contributed by atoms with Gasteiger partial charge in [-0.1, -0.05) is 55.0 Å². The van der Waals surface area contributed by atoms with Crippen molar-refractivity contribution in [2.24, 2.45) is 5.92 Å². The Bertz CT molecular complexity index is 525. The van der Waals surface area contributed by atoms with Gasteiger partial charge in [-0.05, 0) is 24.3 Å². The molecule has 3 N–H and O–H groups in total. The third kappa shape index (κ3) is 5.06. The minimum absolute atomic E-state index is 0.0533. The molecule has 1 aliphatic carbocycles. The lowest BCUT2D eigenvalue weighted by molar-refractivity contribution is -0.0173. The summed E-state index contributed by atoms with van der Waals surface area (Å²) in [7, 11) is 0. The fraction of sp³-hybridized carbons (Fsp3) is 0.600. The van der Waals surface area contributed by atoms with Crippen LogP contribution in [0.4, 0.5) is 0 Å². The summed E-state index contributed by atoms with van der Waals surface area (Å²) in [6, 6.07) is 9.87. The molecule has 2 rings (SSSR count). The first-order valence-corrected chi connectivity index (χ1v) is 8.88. The lowest BCUT2D eigenvalue weighted by atomic mass is 9.78. The van der Waals surface area contributed by atoms with Crippen LogP contribution in [-0.4, -0.2) is 53.1 Å². The molecule has 1 aromatic rings. The maximum absolute atomic E-state index is 11.4. The lowest BCUT2D eigenvalue weighted by Crippen LogP contribution is -2.33. The normalized spacial score (nSPS) is 17.5. The first-order chi connectivity index (χ1) is 11.7. The zero-order chi connectivity index (χ0) is 17.3. The van der Waals surface area contributed by atoms with Crippen molar-refractivity contribution in [3.63, 3.8) is 0 Å². The lowest BCUT2D eigenvalue weighted by Gasteiger charge is -2.33. The SMILES string of the molecule is OCCN(CC#CC[C@@](O)(c1ccccc1)C1CCCC1)CCO. The van der Waals surface area contributed by atoms with Gasteiger partial charge in [-0.25, -0.2) is 0 Å². The van der Waals surface area contributed by atoms with Crippen molar-refractivity contribution < 1.29 is 15.3 Å². The highest BCUT2D eigenvalue weighted by molar-refractivity contribution is 5.26. The van der Waals surface area contributed by atoms with Crippen LogP contribution in [-0.2, 0) is 5.60 Å². The second-order valence-corrected chi connectivity index (χ2v) is 6.53. The topological polar surface area (TPSA) is 63.9 Å². The van der Waals surface area contributed by atoms with Crippen LogP contribution in [0.3, 0.4) is 0 Å². The average molecular weight is 331 g/mol. The zero-order valence-electron chi connectivity index (χ0n) is 14.3. The van der Waals surface area contributed by atoms with Crippen molar-refractivity contribution in [1.82, 2.24) is 4.90 Å². The first kappa shape index (κ1) is 19.0. The van der Waals surface area contributed by atoms with E-state index in [9.17, 15) is 5.11 Å². The first-order valence-electron chi connectivity index (χ1n) is 8.88. The third-order valence-corrected chi connectivity index (χ3v) is 4.92. The van der Waals surface area contributed by atoms with E-state index in [1.807, 2.05) is 35.2 Å². The van der Waals surface area contributed by atoms with E-state index < -0.39 is 5.60 Å². The van der Waals surface area contributed by atoms with Gasteiger partial charge in [0.25, 0.3) is 0 Å². The molecule has 1 atom stereocenters. The molecule has 0 amide bonds. The quantitative estimate of drug-likeness (QED) is 0.635. The number of hydrogen-bond donors (Lipinski definition) is 3. The Labute approximate surface area is 145 Å². The van der Waals surface area contributed by atoms with Crippen LogP contribution in [0.25, 0.3) is 0 Å². The second kappa shape index (κ2) is 9.80. The molecule has 0 saturated heterocycles. The largest absolute Gasteiger partial charge is 0.395 e. The van der Waals surface area contributed by atoms with E-state index in [1.165, 1.54) is 12.8 Å². The van der Waals surface area contributed by atoms with Gasteiger partial charge in [-0.15, -0.1) is 0 Å². The molecule has 0 unspecified atom stereocenters. The van der Waals surface area contributed by atoms with Crippen LogP contribution in [0, 0.1) is 17.8 Å². The Hall–Kier alpha value is -1.38. The summed E-state index contributed by atoms with van der Waals surface area (Å²) >= 11 is 0. The Kier molecular flexibility index (Phi) is 7.74. The van der Waals surface area contributed by atoms with Gasteiger partial charge in [0.15, 0.2) is 0 Å². The highest BCUT2D eigenvalue weighted by Gasteiger charge is 2.39. The van der Waals surface area contributed by atoms with Crippen molar-refractivity contribution in [2.45, 2.75) is 37.7 Å². The second-order valence-electron chi connectivity index (χ2n) is 6.53. The Morgan fingerprint density at radius 2 is 1.62 bits per heavy atom. The van der Waals surface area contributed by atoms with Gasteiger partial charge < -0.3 is 15.3 Å². The van der Waals surface area contributed by atoms with Gasteiger partial charge in [0, 0.05) is 19.5 Å². The monoisotopic (exact) mass is 331 g/mol. The predicted molar refractivity (Wildman–Crippen MR) is 95.3 cm³/mol. The van der Waals surface area contributed by atoms with Crippen molar-refractivity contribution in [3.8, 4) is 11.8 Å². The summed E-state index contributed by atoms with van der Waals surface area (Å²) < 4.78 is 0. The smallest absolute Gasteiger partial charge is 0.103 e. The Balaban J connectivity index is 2.05. The standard InChI is InChI=1S/C20H29NO3/c22-16-14-21(15-17-23)13-7-6-12-20(24,19-10-4-5-11-19)18-8-2-1-3-9-18/h1-3,8-9,19,22-24H,4-5,10-17H2/t20-/m1/s1. The molecule has 1 aliphatic rings. The summed E-state index contributed by atoms with van der Waals surface area (Å²) in [5.74, 6) is 6.51. The Morgan fingerprint density at radius 3 is 2.21 bits per heavy atom. The molecular weight excluding hydrogens is 302 g/mol. The van der Waals surface area contributed by atoms with Crippen molar-refractivity contribution in [2.75, 3.05) is 32.8 Å². The maximum atomic E-state index is 11.4. The van der Waals surface area contributed by atoms with Crippen LogP contribution in [0.1, 0.15) is 37.7 Å². The molecule has 1 saturated carbocycles. The molecule has 0 aromatic heterocycles. The summed E-state index contributed by atoms with van der Waals surface area (Å²) in [4.78, 5) is 1.91. The van der Waals surface area contributed by atoms with E-state index in [-0.39, 0.29) is 19.1 Å². The van der Waals surface area contributed by atoms with Crippen LogP contribution in [0.5, 0.6) is 0 Å². The predicted octanol–water partition coefficient (Wildman–Crippen LogP) is 1.74. The molecule has 4 heteroatoms. The van der Waals surface area contributed by atoms with Crippen molar-refractivity contribution >= 4 is 0 Å². The van der Waals surface area contributed by atoms with Crippen LogP contribution >= 0.6 is 0 Å². The Morgan fingerprint density at radius 1 is 1.00 bits per heavy atom. The number of benzene rings is 1. The number of hydrogen-bond acceptors (Lipinski definition) is 4. The molecule has 1 fully saturated rings. The van der Waals surface area contributed by atoms with Gasteiger partial charge in [0.05, 0.1) is 19.8 Å². The molecule has 4 nitrogen and oxygen atoms in total. The summed E-state index contributed by atoms with van der Waals surface area (Å²) in [6.07, 6.45) is 4.87. The van der Waals surface area contributed by atoms with Gasteiger partial charge in [-0.3, -0.25) is 4.90 Å². The summed E-state index contributed by atoms with van der Waals surface area (Å²) in [6.45, 7) is 1.60. The third-order valence-electron chi connectivity index (χ3n) is 4.92. The van der Waals surface area contributed by atoms with Crippen molar-refractivity contribution in [1.29, 1.82) is 0 Å². The van der Waals surface area contributed by atoms with E-state index >= 15 is 0 Å². The molecule has 24 heavy (non-hydrogen) atoms. The fourth-order valence-electron chi connectivity index (χ4n) is 3.53. The van der Waals surface area contributed by atoms with E-state index in [0.717, 1.165) is 18.4 Å².